The van der Waals surface area contributed by atoms with E-state index >= 15 is 0 Å². The Kier molecular flexibility index (Phi) is 5.11. The normalized spacial score (nSPS) is 16.8. The SMILES string of the molecule is C1=C2C(CCC1)c1cc(-c3ccc(OCc4nn[nH]n4)cc3)ccc1N2Cc1ccccc1. The third-order valence-corrected chi connectivity index (χ3v) is 6.54. The van der Waals surface area contributed by atoms with Crippen molar-refractivity contribution in [1.82, 2.24) is 20.6 Å². The van der Waals surface area contributed by atoms with Gasteiger partial charge in [0.25, 0.3) is 0 Å². The Hall–Kier alpha value is -3.93. The highest BCUT2D eigenvalue weighted by Crippen LogP contribution is 2.49. The molecule has 1 aliphatic heterocycles. The molecule has 0 bridgehead atoms. The molecule has 1 unspecified atom stereocenters. The second kappa shape index (κ2) is 8.54. The van der Waals surface area contributed by atoms with Crippen molar-refractivity contribution in [1.29, 1.82) is 0 Å². The number of ether oxygens (including phenoxy) is 1. The van der Waals surface area contributed by atoms with Gasteiger partial charge in [0.2, 0.25) is 5.82 Å². The first-order chi connectivity index (χ1) is 16.3. The molecule has 0 radical (unpaired) electrons. The van der Waals surface area contributed by atoms with E-state index in [2.05, 4.69) is 92.3 Å². The van der Waals surface area contributed by atoms with Crippen LogP contribution >= 0.6 is 0 Å². The summed E-state index contributed by atoms with van der Waals surface area (Å²) in [5, 5.41) is 13.8. The second-order valence-corrected chi connectivity index (χ2v) is 8.60. The minimum absolute atomic E-state index is 0.294. The minimum Gasteiger partial charge on any atom is -0.485 e. The zero-order valence-electron chi connectivity index (χ0n) is 18.3. The summed E-state index contributed by atoms with van der Waals surface area (Å²) in [4.78, 5) is 2.52. The number of nitrogens with one attached hydrogen (secondary N) is 1. The molecule has 2 aliphatic rings. The van der Waals surface area contributed by atoms with Gasteiger partial charge in [0, 0.05) is 23.8 Å². The average molecular weight is 436 g/mol. The Morgan fingerprint density at radius 1 is 0.970 bits per heavy atom. The Labute approximate surface area is 192 Å². The Morgan fingerprint density at radius 3 is 2.64 bits per heavy atom. The first-order valence-electron chi connectivity index (χ1n) is 11.5. The molecule has 4 aromatic rings. The topological polar surface area (TPSA) is 66.9 Å². The van der Waals surface area contributed by atoms with E-state index in [-0.39, 0.29) is 0 Å². The molecular formula is C27H25N5O. The van der Waals surface area contributed by atoms with Crippen LogP contribution in [-0.2, 0) is 13.2 Å². The van der Waals surface area contributed by atoms with E-state index in [9.17, 15) is 0 Å². The van der Waals surface area contributed by atoms with Crippen LogP contribution in [0.1, 0.15) is 42.1 Å². The van der Waals surface area contributed by atoms with Crippen molar-refractivity contribution < 1.29 is 4.74 Å². The summed E-state index contributed by atoms with van der Waals surface area (Å²) in [6.07, 6.45) is 6.09. The van der Waals surface area contributed by atoms with Gasteiger partial charge in [0.1, 0.15) is 5.75 Å². The molecule has 2 heterocycles. The molecule has 3 aromatic carbocycles. The second-order valence-electron chi connectivity index (χ2n) is 8.60. The number of rotatable bonds is 6. The lowest BCUT2D eigenvalue weighted by Gasteiger charge is -2.26. The van der Waals surface area contributed by atoms with Crippen molar-refractivity contribution in [3.8, 4) is 16.9 Å². The van der Waals surface area contributed by atoms with Gasteiger partial charge in [0.05, 0.1) is 0 Å². The van der Waals surface area contributed by atoms with Crippen LogP contribution in [0, 0.1) is 0 Å². The van der Waals surface area contributed by atoms with Crippen molar-refractivity contribution in [2.24, 2.45) is 0 Å². The van der Waals surface area contributed by atoms with Crippen LogP contribution in [0.25, 0.3) is 11.1 Å². The highest BCUT2D eigenvalue weighted by atomic mass is 16.5. The zero-order valence-corrected chi connectivity index (χ0v) is 18.3. The Morgan fingerprint density at radius 2 is 1.82 bits per heavy atom. The van der Waals surface area contributed by atoms with Crippen LogP contribution in [-0.4, -0.2) is 20.6 Å². The third kappa shape index (κ3) is 3.89. The van der Waals surface area contributed by atoms with Crippen LogP contribution in [0.2, 0.25) is 0 Å². The molecule has 1 atom stereocenters. The van der Waals surface area contributed by atoms with Gasteiger partial charge in [-0.25, -0.2) is 0 Å². The zero-order chi connectivity index (χ0) is 22.0. The van der Waals surface area contributed by atoms with Gasteiger partial charge in [-0.15, -0.1) is 10.2 Å². The Balaban J connectivity index is 1.26. The van der Waals surface area contributed by atoms with Crippen molar-refractivity contribution in [3.63, 3.8) is 0 Å². The van der Waals surface area contributed by atoms with Crippen molar-refractivity contribution >= 4 is 5.69 Å². The summed E-state index contributed by atoms with van der Waals surface area (Å²) in [7, 11) is 0. The van der Waals surface area contributed by atoms with Crippen LogP contribution in [0.15, 0.2) is 84.6 Å². The van der Waals surface area contributed by atoms with Gasteiger partial charge in [-0.05, 0) is 65.8 Å². The first kappa shape index (κ1) is 19.7. The molecule has 6 nitrogen and oxygen atoms in total. The predicted octanol–water partition coefficient (Wildman–Crippen LogP) is 5.62. The fourth-order valence-electron chi connectivity index (χ4n) is 4.95. The van der Waals surface area contributed by atoms with E-state index in [1.165, 1.54) is 52.9 Å². The summed E-state index contributed by atoms with van der Waals surface area (Å²) in [5.74, 6) is 1.82. The van der Waals surface area contributed by atoms with Gasteiger partial charge in [-0.1, -0.05) is 59.8 Å². The molecule has 33 heavy (non-hydrogen) atoms. The fraction of sp³-hybridized carbons (Fsp3) is 0.222. The monoisotopic (exact) mass is 435 g/mol. The summed E-state index contributed by atoms with van der Waals surface area (Å²) in [6, 6.07) is 25.9. The van der Waals surface area contributed by atoms with E-state index in [4.69, 9.17) is 4.74 Å². The van der Waals surface area contributed by atoms with E-state index in [0.717, 1.165) is 12.3 Å². The molecule has 0 fully saturated rings. The summed E-state index contributed by atoms with van der Waals surface area (Å²) < 4.78 is 5.76. The van der Waals surface area contributed by atoms with E-state index in [1.807, 2.05) is 12.1 Å². The van der Waals surface area contributed by atoms with E-state index < -0.39 is 0 Å². The maximum Gasteiger partial charge on any atom is 0.211 e. The third-order valence-electron chi connectivity index (χ3n) is 6.54. The minimum atomic E-state index is 0.294. The van der Waals surface area contributed by atoms with Crippen molar-refractivity contribution in [3.05, 3.63) is 102 Å². The number of allylic oxidation sites excluding steroid dienone is 2. The molecule has 0 amide bonds. The number of H-pyrrole nitrogens is 1. The number of anilines is 1. The molecule has 0 saturated heterocycles. The number of tetrazole rings is 1. The van der Waals surface area contributed by atoms with Gasteiger partial charge in [-0.3, -0.25) is 0 Å². The van der Waals surface area contributed by atoms with Gasteiger partial charge < -0.3 is 9.64 Å². The number of nitrogens with zero attached hydrogens (tertiary/aromatic N) is 4. The number of hydrogen-bond acceptors (Lipinski definition) is 5. The summed E-state index contributed by atoms with van der Waals surface area (Å²) >= 11 is 0. The molecule has 0 saturated carbocycles. The standard InChI is InChI=1S/C27H25N5O/c1-2-6-19(7-3-1)17-32-25-9-5-4-8-23(25)24-16-21(12-15-26(24)32)20-10-13-22(14-11-20)33-18-27-28-30-31-29-27/h1-3,6-7,9-16,23H,4-5,8,17-18H2,(H,28,29,30,31). The first-order valence-corrected chi connectivity index (χ1v) is 11.5. The van der Waals surface area contributed by atoms with Crippen LogP contribution in [0.3, 0.4) is 0 Å². The van der Waals surface area contributed by atoms with E-state index in [1.54, 1.807) is 0 Å². The molecule has 0 spiro atoms. The van der Waals surface area contributed by atoms with Gasteiger partial charge >= 0.3 is 0 Å². The average Bonchev–Trinajstić information content (AvgIpc) is 3.50. The molecule has 6 rings (SSSR count). The van der Waals surface area contributed by atoms with Crippen molar-refractivity contribution in [2.75, 3.05) is 4.90 Å². The molecule has 6 heteroatoms. The van der Waals surface area contributed by atoms with Crippen LogP contribution in [0.4, 0.5) is 5.69 Å². The van der Waals surface area contributed by atoms with Crippen LogP contribution in [0.5, 0.6) is 5.75 Å². The smallest absolute Gasteiger partial charge is 0.211 e. The number of fused-ring (bicyclic) bond motifs is 3. The largest absolute Gasteiger partial charge is 0.485 e. The maximum atomic E-state index is 5.76. The Bertz CT molecular complexity index is 1270. The lowest BCUT2D eigenvalue weighted by Crippen LogP contribution is -2.20. The van der Waals surface area contributed by atoms with E-state index in [0.29, 0.717) is 18.3 Å². The highest BCUT2D eigenvalue weighted by molar-refractivity contribution is 5.75. The molecule has 1 aliphatic carbocycles. The lowest BCUT2D eigenvalue weighted by atomic mass is 9.87. The summed E-state index contributed by atoms with van der Waals surface area (Å²) in [5.41, 5.74) is 8.05. The lowest BCUT2D eigenvalue weighted by molar-refractivity contribution is 0.296. The molecular weight excluding hydrogens is 410 g/mol. The number of aromatic amines is 1. The quantitative estimate of drug-likeness (QED) is 0.426. The number of benzene rings is 3. The summed E-state index contributed by atoms with van der Waals surface area (Å²) in [6.45, 7) is 1.21. The highest BCUT2D eigenvalue weighted by Gasteiger charge is 2.34. The molecule has 164 valence electrons. The fourth-order valence-corrected chi connectivity index (χ4v) is 4.95. The molecule has 1 aromatic heterocycles. The van der Waals surface area contributed by atoms with Gasteiger partial charge in [0.15, 0.2) is 6.61 Å². The van der Waals surface area contributed by atoms with Crippen LogP contribution < -0.4 is 9.64 Å². The maximum absolute atomic E-state index is 5.76. The number of hydrogen-bond donors (Lipinski definition) is 1. The van der Waals surface area contributed by atoms with Gasteiger partial charge in [-0.2, -0.15) is 5.21 Å². The predicted molar refractivity (Wildman–Crippen MR) is 128 cm³/mol. The number of aromatic nitrogens is 4. The molecule has 1 N–H and O–H groups in total. The van der Waals surface area contributed by atoms with Crippen molar-refractivity contribution in [2.45, 2.75) is 38.3 Å².